The van der Waals surface area contributed by atoms with Crippen LogP contribution >= 0.6 is 11.3 Å². The fraction of sp³-hybridized carbons (Fsp3) is 0.143. The molecular formula is C21H17N5O2S. The van der Waals surface area contributed by atoms with Crippen molar-refractivity contribution in [1.29, 1.82) is 0 Å². The first-order valence-corrected chi connectivity index (χ1v) is 10.1. The Labute approximate surface area is 171 Å². The maximum atomic E-state index is 13.4. The molecule has 7 nitrogen and oxygen atoms in total. The molecular weight excluding hydrogens is 386 g/mol. The van der Waals surface area contributed by atoms with Crippen LogP contribution in [0.2, 0.25) is 0 Å². The lowest BCUT2D eigenvalue weighted by Gasteiger charge is -2.37. The summed E-state index contributed by atoms with van der Waals surface area (Å²) in [5.41, 5.74) is 1.76. The van der Waals surface area contributed by atoms with E-state index in [1.165, 1.54) is 16.1 Å². The van der Waals surface area contributed by atoms with Crippen LogP contribution in [0.1, 0.15) is 11.6 Å². The van der Waals surface area contributed by atoms with E-state index in [9.17, 15) is 4.79 Å². The molecule has 1 amide bonds. The van der Waals surface area contributed by atoms with Crippen molar-refractivity contribution in [3.05, 3.63) is 77.7 Å². The zero-order chi connectivity index (χ0) is 19.6. The smallest absolute Gasteiger partial charge is 0.251 e. The molecule has 5 rings (SSSR count). The van der Waals surface area contributed by atoms with Crippen LogP contribution in [-0.4, -0.2) is 32.7 Å². The molecule has 0 saturated carbocycles. The normalized spacial score (nSPS) is 15.6. The predicted molar refractivity (Wildman–Crippen MR) is 110 cm³/mol. The highest BCUT2D eigenvalue weighted by Gasteiger charge is 2.33. The van der Waals surface area contributed by atoms with Gasteiger partial charge in [-0.3, -0.25) is 9.69 Å². The lowest BCUT2D eigenvalue weighted by atomic mass is 10.0. The molecule has 8 heteroatoms. The molecule has 144 valence electrons. The Morgan fingerprint density at radius 1 is 1.07 bits per heavy atom. The Morgan fingerprint density at radius 2 is 1.90 bits per heavy atom. The van der Waals surface area contributed by atoms with Gasteiger partial charge in [0.05, 0.1) is 16.6 Å². The molecule has 0 spiro atoms. The van der Waals surface area contributed by atoms with E-state index in [-0.39, 0.29) is 18.5 Å². The second kappa shape index (κ2) is 7.48. The van der Waals surface area contributed by atoms with Crippen molar-refractivity contribution < 1.29 is 9.53 Å². The number of thiophene rings is 1. The average Bonchev–Trinajstić information content (AvgIpc) is 3.45. The van der Waals surface area contributed by atoms with Crippen molar-refractivity contribution in [3.8, 4) is 16.5 Å². The second-order valence-electron chi connectivity index (χ2n) is 6.59. The third-order valence-electron chi connectivity index (χ3n) is 4.76. The Morgan fingerprint density at radius 3 is 2.72 bits per heavy atom. The molecule has 2 aromatic carbocycles. The Hall–Kier alpha value is -3.52. The predicted octanol–water partition coefficient (Wildman–Crippen LogP) is 3.57. The van der Waals surface area contributed by atoms with E-state index in [2.05, 4.69) is 15.4 Å². The van der Waals surface area contributed by atoms with Crippen molar-refractivity contribution >= 4 is 22.9 Å². The lowest BCUT2D eigenvalue weighted by molar-refractivity contribution is -0.120. The third kappa shape index (κ3) is 3.38. The highest BCUT2D eigenvalue weighted by Crippen LogP contribution is 2.39. The Kier molecular flexibility index (Phi) is 4.53. The summed E-state index contributed by atoms with van der Waals surface area (Å²) in [5, 5.41) is 14.5. The molecule has 0 fully saturated rings. The van der Waals surface area contributed by atoms with Crippen LogP contribution in [0, 0.1) is 0 Å². The van der Waals surface area contributed by atoms with E-state index < -0.39 is 0 Å². The summed E-state index contributed by atoms with van der Waals surface area (Å²) in [5.74, 6) is 1.10. The summed E-state index contributed by atoms with van der Waals surface area (Å²) in [4.78, 5) is 17.4. The summed E-state index contributed by atoms with van der Waals surface area (Å²) in [6.07, 6.45) is 0. The minimum Gasteiger partial charge on any atom is -0.489 e. The van der Waals surface area contributed by atoms with Crippen molar-refractivity contribution in [2.45, 2.75) is 12.6 Å². The van der Waals surface area contributed by atoms with Gasteiger partial charge in [0.25, 0.3) is 5.91 Å². The third-order valence-corrected chi connectivity index (χ3v) is 5.62. The molecule has 0 N–H and O–H groups in total. The van der Waals surface area contributed by atoms with E-state index in [0.717, 1.165) is 16.1 Å². The molecule has 0 bridgehead atoms. The summed E-state index contributed by atoms with van der Waals surface area (Å²) < 4.78 is 5.93. The fourth-order valence-corrected chi connectivity index (χ4v) is 4.08. The highest BCUT2D eigenvalue weighted by molar-refractivity contribution is 7.13. The number of amides is 1. The summed E-state index contributed by atoms with van der Waals surface area (Å²) in [6.45, 7) is 0.383. The number of fused-ring (bicyclic) bond motifs is 1. The van der Waals surface area contributed by atoms with E-state index in [1.54, 1.807) is 4.90 Å². The van der Waals surface area contributed by atoms with E-state index in [0.29, 0.717) is 18.2 Å². The van der Waals surface area contributed by atoms with E-state index in [1.807, 2.05) is 72.1 Å². The van der Waals surface area contributed by atoms with Gasteiger partial charge in [0.1, 0.15) is 18.9 Å². The van der Waals surface area contributed by atoms with Crippen LogP contribution < -0.4 is 9.64 Å². The van der Waals surface area contributed by atoms with Gasteiger partial charge < -0.3 is 4.74 Å². The van der Waals surface area contributed by atoms with Gasteiger partial charge in [-0.1, -0.05) is 48.5 Å². The molecule has 0 unspecified atom stereocenters. The maximum Gasteiger partial charge on any atom is 0.251 e. The van der Waals surface area contributed by atoms with Crippen LogP contribution in [0.15, 0.2) is 72.1 Å². The quantitative estimate of drug-likeness (QED) is 0.521. The maximum absolute atomic E-state index is 13.4. The number of hydrogen-bond donors (Lipinski definition) is 0. The number of anilines is 1. The van der Waals surface area contributed by atoms with Gasteiger partial charge in [0.2, 0.25) is 5.82 Å². The van der Waals surface area contributed by atoms with Crippen molar-refractivity contribution in [2.24, 2.45) is 0 Å². The Bertz CT molecular complexity index is 1130. The zero-order valence-corrected chi connectivity index (χ0v) is 16.2. The van der Waals surface area contributed by atoms with E-state index in [4.69, 9.17) is 4.74 Å². The molecule has 1 aliphatic heterocycles. The van der Waals surface area contributed by atoms with Gasteiger partial charge >= 0.3 is 0 Å². The number of para-hydroxylation sites is 2. The van der Waals surface area contributed by atoms with Crippen molar-refractivity contribution in [3.63, 3.8) is 0 Å². The van der Waals surface area contributed by atoms with Gasteiger partial charge in [0.15, 0.2) is 0 Å². The average molecular weight is 403 g/mol. The topological polar surface area (TPSA) is 73.1 Å². The number of nitrogens with zero attached hydrogens (tertiary/aromatic N) is 5. The summed E-state index contributed by atoms with van der Waals surface area (Å²) in [7, 11) is 0. The summed E-state index contributed by atoms with van der Waals surface area (Å²) >= 11 is 1.53. The number of carbonyl (C=O) groups is 1. The zero-order valence-electron chi connectivity index (χ0n) is 15.4. The fourth-order valence-electron chi connectivity index (χ4n) is 3.43. The number of aromatic nitrogens is 4. The number of rotatable bonds is 4. The highest BCUT2D eigenvalue weighted by atomic mass is 32.1. The number of benzene rings is 2. The first-order valence-electron chi connectivity index (χ1n) is 9.20. The van der Waals surface area contributed by atoms with Crippen molar-refractivity contribution in [1.82, 2.24) is 20.2 Å². The van der Waals surface area contributed by atoms with Gasteiger partial charge in [-0.25, -0.2) is 0 Å². The van der Waals surface area contributed by atoms with Gasteiger partial charge in [-0.2, -0.15) is 4.80 Å². The first kappa shape index (κ1) is 17.6. The second-order valence-corrected chi connectivity index (χ2v) is 7.54. The summed E-state index contributed by atoms with van der Waals surface area (Å²) in [6, 6.07) is 21.1. The monoisotopic (exact) mass is 403 g/mol. The molecule has 0 radical (unpaired) electrons. The van der Waals surface area contributed by atoms with E-state index >= 15 is 0 Å². The van der Waals surface area contributed by atoms with Crippen LogP contribution in [0.25, 0.3) is 10.7 Å². The van der Waals surface area contributed by atoms with Crippen LogP contribution in [0.5, 0.6) is 5.75 Å². The number of tetrazole rings is 1. The minimum absolute atomic E-state index is 0.00393. The number of ether oxygens (including phenoxy) is 1. The number of carbonyl (C=O) groups excluding carboxylic acids is 1. The standard InChI is InChI=1S/C21H17N5O2S/c27-20(13-25-23-21(22-24-25)19-11-6-12-29-19)26-16-9-4-5-10-18(16)28-14-17(26)15-7-2-1-3-8-15/h1-12,17H,13-14H2/t17-/m1/s1. The molecule has 2 aromatic heterocycles. The molecule has 0 aliphatic carbocycles. The van der Waals surface area contributed by atoms with Gasteiger partial charge in [-0.15, -0.1) is 21.5 Å². The van der Waals surface area contributed by atoms with Gasteiger partial charge in [-0.05, 0) is 34.4 Å². The molecule has 1 aliphatic rings. The molecule has 1 atom stereocenters. The Balaban J connectivity index is 1.46. The molecule has 4 aromatic rings. The van der Waals surface area contributed by atoms with Crippen LogP contribution in [-0.2, 0) is 11.3 Å². The minimum atomic E-state index is -0.223. The number of hydrogen-bond acceptors (Lipinski definition) is 6. The van der Waals surface area contributed by atoms with Crippen LogP contribution in [0.4, 0.5) is 5.69 Å². The van der Waals surface area contributed by atoms with Crippen LogP contribution in [0.3, 0.4) is 0 Å². The molecule has 3 heterocycles. The van der Waals surface area contributed by atoms with Crippen molar-refractivity contribution in [2.75, 3.05) is 11.5 Å². The first-order chi connectivity index (χ1) is 14.3. The lowest BCUT2D eigenvalue weighted by Crippen LogP contribution is -2.43. The molecule has 29 heavy (non-hydrogen) atoms. The molecule has 0 saturated heterocycles. The largest absolute Gasteiger partial charge is 0.489 e. The SMILES string of the molecule is O=C(Cn1nnc(-c2cccs2)n1)N1c2ccccc2OC[C@@H]1c1ccccc1. The van der Waals surface area contributed by atoms with Gasteiger partial charge in [0, 0.05) is 0 Å².